The van der Waals surface area contributed by atoms with Gasteiger partial charge in [-0.2, -0.15) is 0 Å². The Morgan fingerprint density at radius 1 is 1.41 bits per heavy atom. The Balaban J connectivity index is 1.50. The van der Waals surface area contributed by atoms with Crippen LogP contribution in [0.2, 0.25) is 0 Å². The van der Waals surface area contributed by atoms with Crippen molar-refractivity contribution in [1.82, 2.24) is 14.9 Å². The van der Waals surface area contributed by atoms with Gasteiger partial charge in [-0.05, 0) is 37.0 Å². The van der Waals surface area contributed by atoms with Crippen LogP contribution in [-0.4, -0.2) is 57.5 Å². The number of oxazole rings is 1. The molecule has 3 fully saturated rings. The van der Waals surface area contributed by atoms with Gasteiger partial charge >= 0.3 is 6.01 Å². The van der Waals surface area contributed by atoms with Crippen molar-refractivity contribution in [2.45, 2.75) is 57.4 Å². The number of carbonyl (C=O) groups excluding carboxylic acids is 3. The maximum absolute atomic E-state index is 13.5. The maximum atomic E-state index is 13.5. The summed E-state index contributed by atoms with van der Waals surface area (Å²) in [5.74, 6) is -0.560. The predicted octanol–water partition coefficient (Wildman–Crippen LogP) is 2.04. The highest BCUT2D eigenvalue weighted by molar-refractivity contribution is 5.96. The highest BCUT2D eigenvalue weighted by Crippen LogP contribution is 2.55. The second kappa shape index (κ2) is 8.14. The predicted molar refractivity (Wildman–Crippen MR) is 102 cm³/mol. The van der Waals surface area contributed by atoms with Crippen LogP contribution in [0.15, 0.2) is 16.9 Å². The fourth-order valence-electron chi connectivity index (χ4n) is 4.94. The zero-order valence-corrected chi connectivity index (χ0v) is 16.5. The van der Waals surface area contributed by atoms with Crippen LogP contribution in [0.4, 0.5) is 6.01 Å². The average molecular weight is 404 g/mol. The Bertz CT molecular complexity index is 742. The molecule has 3 amide bonds. The molecule has 9 heteroatoms. The number of carbonyl (C=O) groups is 3. The third-order valence-electron chi connectivity index (χ3n) is 6.68. The second-order valence-corrected chi connectivity index (χ2v) is 8.82. The Morgan fingerprint density at radius 3 is 2.79 bits per heavy atom. The topological polar surface area (TPSA) is 116 Å². The lowest BCUT2D eigenvalue weighted by Gasteiger charge is -2.30. The molecule has 0 bridgehead atoms. The summed E-state index contributed by atoms with van der Waals surface area (Å²) in [6.07, 6.45) is 10.8. The molecule has 1 spiro atoms. The van der Waals surface area contributed by atoms with Crippen molar-refractivity contribution in [2.75, 3.05) is 18.4 Å². The minimum absolute atomic E-state index is 0.0235. The number of rotatable bonds is 8. The summed E-state index contributed by atoms with van der Waals surface area (Å²) in [6.45, 7) is 0.500. The molecule has 1 aliphatic heterocycles. The maximum Gasteiger partial charge on any atom is 0.301 e. The fraction of sp³-hybridized carbons (Fsp3) is 0.700. The van der Waals surface area contributed by atoms with Crippen LogP contribution in [0.1, 0.15) is 51.4 Å². The van der Waals surface area contributed by atoms with E-state index in [1.54, 1.807) is 4.90 Å². The van der Waals surface area contributed by atoms with Gasteiger partial charge in [0.1, 0.15) is 12.3 Å². The number of aromatic nitrogens is 1. The highest BCUT2D eigenvalue weighted by atomic mass is 16.5. The summed E-state index contributed by atoms with van der Waals surface area (Å²) < 4.78 is 5.11. The van der Waals surface area contributed by atoms with Crippen LogP contribution in [0, 0.1) is 17.3 Å². The average Bonchev–Trinajstić information content (AvgIpc) is 3.13. The molecule has 0 unspecified atom stereocenters. The van der Waals surface area contributed by atoms with Crippen molar-refractivity contribution in [1.29, 1.82) is 0 Å². The first kappa shape index (κ1) is 19.9. The van der Waals surface area contributed by atoms with Crippen molar-refractivity contribution in [3.05, 3.63) is 12.5 Å². The minimum atomic E-state index is -0.591. The van der Waals surface area contributed by atoms with E-state index in [2.05, 4.69) is 10.3 Å². The second-order valence-electron chi connectivity index (χ2n) is 8.82. The van der Waals surface area contributed by atoms with Crippen molar-refractivity contribution in [2.24, 2.45) is 17.3 Å². The molecule has 0 radical (unpaired) electrons. The summed E-state index contributed by atoms with van der Waals surface area (Å²) in [7, 11) is 0. The van der Waals surface area contributed by atoms with Gasteiger partial charge in [0.05, 0.1) is 18.7 Å². The fourth-order valence-corrected chi connectivity index (χ4v) is 4.94. The summed E-state index contributed by atoms with van der Waals surface area (Å²) in [5, 5.41) is 12.9. The summed E-state index contributed by atoms with van der Waals surface area (Å²) in [6, 6.07) is -0.476. The lowest BCUT2D eigenvalue weighted by Crippen LogP contribution is -2.48. The number of anilines is 1. The molecule has 3 aliphatic rings. The zero-order valence-electron chi connectivity index (χ0n) is 16.5. The van der Waals surface area contributed by atoms with Gasteiger partial charge in [0.2, 0.25) is 12.3 Å². The molecular weight excluding hydrogens is 376 g/mol. The van der Waals surface area contributed by atoms with E-state index in [1.165, 1.54) is 12.5 Å². The quantitative estimate of drug-likeness (QED) is 0.389. The lowest BCUT2D eigenvalue weighted by molar-refractivity contribution is -0.158. The number of nitrogens with zero attached hydrogens (tertiary/aromatic N) is 3. The van der Waals surface area contributed by atoms with Crippen LogP contribution < -0.4 is 5.32 Å². The zero-order chi connectivity index (χ0) is 20.4. The standard InChI is InChI=1S/C20H28N4O5/c25-13-23(28)11-15(9-14-3-1-2-4-14)18(27)24-12-20(5-6-20)10-16(24)17(26)22-19-21-7-8-29-19/h7-8,13-16,28H,1-6,9-12H2,(H,21,22,26)/t15-,16+/m1/s1. The number of likely N-dealkylation sites (tertiary alicyclic amines) is 1. The molecule has 2 atom stereocenters. The minimum Gasteiger partial charge on any atom is -0.432 e. The van der Waals surface area contributed by atoms with Gasteiger partial charge in [0.15, 0.2) is 0 Å². The van der Waals surface area contributed by atoms with Crippen LogP contribution in [0.5, 0.6) is 0 Å². The molecule has 1 aromatic rings. The molecule has 2 heterocycles. The first-order valence-electron chi connectivity index (χ1n) is 10.4. The van der Waals surface area contributed by atoms with Crippen LogP contribution in [0.3, 0.4) is 0 Å². The smallest absolute Gasteiger partial charge is 0.301 e. The Morgan fingerprint density at radius 2 is 2.17 bits per heavy atom. The Labute approximate surface area is 169 Å². The number of hydroxylamine groups is 2. The largest absolute Gasteiger partial charge is 0.432 e. The molecule has 2 saturated carbocycles. The first-order chi connectivity index (χ1) is 14.0. The van der Waals surface area contributed by atoms with Crippen LogP contribution >= 0.6 is 0 Å². The van der Waals surface area contributed by atoms with Gasteiger partial charge in [0, 0.05) is 6.54 Å². The van der Waals surface area contributed by atoms with Gasteiger partial charge < -0.3 is 9.32 Å². The van der Waals surface area contributed by atoms with Crippen molar-refractivity contribution in [3.8, 4) is 0 Å². The van der Waals surface area contributed by atoms with E-state index in [-0.39, 0.29) is 29.8 Å². The van der Waals surface area contributed by atoms with E-state index < -0.39 is 12.0 Å². The van der Waals surface area contributed by atoms with E-state index in [4.69, 9.17) is 4.42 Å². The van der Waals surface area contributed by atoms with Gasteiger partial charge in [-0.1, -0.05) is 25.7 Å². The Hall–Kier alpha value is -2.42. The molecule has 2 N–H and O–H groups in total. The summed E-state index contributed by atoms with van der Waals surface area (Å²) in [4.78, 5) is 42.9. The number of hydrogen-bond donors (Lipinski definition) is 2. The van der Waals surface area contributed by atoms with Crippen LogP contribution in [0.25, 0.3) is 0 Å². The molecule has 158 valence electrons. The normalized spacial score (nSPS) is 23.9. The number of nitrogens with one attached hydrogen (secondary N) is 1. The third-order valence-corrected chi connectivity index (χ3v) is 6.68. The molecule has 1 aromatic heterocycles. The Kier molecular flexibility index (Phi) is 5.58. The molecule has 0 aromatic carbocycles. The van der Waals surface area contributed by atoms with Crippen LogP contribution in [-0.2, 0) is 14.4 Å². The van der Waals surface area contributed by atoms with Gasteiger partial charge in [0.25, 0.3) is 5.91 Å². The number of hydrogen-bond acceptors (Lipinski definition) is 6. The van der Waals surface area contributed by atoms with Crippen molar-refractivity contribution < 1.29 is 24.0 Å². The van der Waals surface area contributed by atoms with Crippen molar-refractivity contribution >= 4 is 24.2 Å². The highest BCUT2D eigenvalue weighted by Gasteiger charge is 2.56. The molecule has 29 heavy (non-hydrogen) atoms. The van der Waals surface area contributed by atoms with Crippen molar-refractivity contribution in [3.63, 3.8) is 0 Å². The van der Waals surface area contributed by atoms with Gasteiger partial charge in [-0.15, -0.1) is 0 Å². The monoisotopic (exact) mass is 404 g/mol. The summed E-state index contributed by atoms with van der Waals surface area (Å²) >= 11 is 0. The molecule has 2 aliphatic carbocycles. The van der Waals surface area contributed by atoms with E-state index >= 15 is 0 Å². The van der Waals surface area contributed by atoms with E-state index in [1.807, 2.05) is 0 Å². The van der Waals surface area contributed by atoms with E-state index in [0.29, 0.717) is 36.8 Å². The number of amides is 3. The SMILES string of the molecule is O=CN(O)C[C@@H](CC1CCCC1)C(=O)N1CC2(CC2)C[C@H]1C(=O)Nc1ncco1. The molecule has 1 saturated heterocycles. The third kappa shape index (κ3) is 4.44. The van der Waals surface area contributed by atoms with E-state index in [0.717, 1.165) is 38.5 Å². The van der Waals surface area contributed by atoms with Gasteiger partial charge in [-0.3, -0.25) is 24.9 Å². The first-order valence-corrected chi connectivity index (χ1v) is 10.4. The lowest BCUT2D eigenvalue weighted by atomic mass is 9.91. The van der Waals surface area contributed by atoms with E-state index in [9.17, 15) is 19.6 Å². The summed E-state index contributed by atoms with van der Waals surface area (Å²) in [5.41, 5.74) is 0.0235. The molecule has 4 rings (SSSR count). The van der Waals surface area contributed by atoms with Gasteiger partial charge in [-0.25, -0.2) is 10.0 Å². The molecular formula is C20H28N4O5. The molecule has 9 nitrogen and oxygen atoms in total.